The van der Waals surface area contributed by atoms with Crippen LogP contribution < -0.4 is 4.74 Å². The lowest BCUT2D eigenvalue weighted by atomic mass is 9.66. The predicted octanol–water partition coefficient (Wildman–Crippen LogP) is 11.2. The molecule has 0 saturated heterocycles. The molecule has 1 aliphatic heterocycles. The molecule has 1 heteroatoms. The average molecular weight is 589 g/mol. The molecule has 0 fully saturated rings. The molecule has 1 atom stereocenters. The summed E-state index contributed by atoms with van der Waals surface area (Å²) in [6.07, 6.45) is 0. The van der Waals surface area contributed by atoms with E-state index in [0.717, 1.165) is 11.5 Å². The van der Waals surface area contributed by atoms with Crippen LogP contribution in [0.3, 0.4) is 0 Å². The van der Waals surface area contributed by atoms with Crippen molar-refractivity contribution in [2.24, 2.45) is 0 Å². The molecule has 0 saturated carbocycles. The van der Waals surface area contributed by atoms with E-state index in [0.29, 0.717) is 0 Å². The normalized spacial score (nSPS) is 16.8. The van der Waals surface area contributed by atoms with Crippen LogP contribution in [0.2, 0.25) is 0 Å². The molecular weight excluding hydrogens is 556 g/mol. The van der Waals surface area contributed by atoms with Crippen molar-refractivity contribution in [3.8, 4) is 33.8 Å². The first-order valence-electron chi connectivity index (χ1n) is 16.0. The molecule has 1 nitrogen and oxygen atoms in total. The molecule has 0 aromatic heterocycles. The van der Waals surface area contributed by atoms with E-state index in [9.17, 15) is 0 Å². The van der Waals surface area contributed by atoms with Gasteiger partial charge < -0.3 is 4.74 Å². The van der Waals surface area contributed by atoms with E-state index in [1.807, 2.05) is 0 Å². The van der Waals surface area contributed by atoms with Gasteiger partial charge in [-0.3, -0.25) is 0 Å². The molecule has 0 bridgehead atoms. The maximum Gasteiger partial charge on any atom is 0.132 e. The molecule has 0 spiro atoms. The first-order chi connectivity index (χ1) is 22.7. The summed E-state index contributed by atoms with van der Waals surface area (Å²) in [5.74, 6) is 1.82. The lowest BCUT2D eigenvalue weighted by molar-refractivity contribution is 0.428. The third-order valence-corrected chi connectivity index (χ3v) is 10.3. The van der Waals surface area contributed by atoms with Gasteiger partial charge in [0.2, 0.25) is 0 Å². The van der Waals surface area contributed by atoms with Gasteiger partial charge in [-0.15, -0.1) is 0 Å². The Kier molecular flexibility index (Phi) is 5.92. The number of rotatable bonds is 4. The largest absolute Gasteiger partial charge is 0.457 e. The zero-order valence-electron chi connectivity index (χ0n) is 25.7. The van der Waals surface area contributed by atoms with Gasteiger partial charge in [-0.2, -0.15) is 0 Å². The van der Waals surface area contributed by atoms with Crippen molar-refractivity contribution in [1.82, 2.24) is 0 Å². The van der Waals surface area contributed by atoms with Crippen molar-refractivity contribution < 1.29 is 4.74 Å². The summed E-state index contributed by atoms with van der Waals surface area (Å²) in [5.41, 5.74) is 13.0. The summed E-state index contributed by atoms with van der Waals surface area (Å²) in [7, 11) is 0. The number of hydrogen-bond donors (Lipinski definition) is 0. The fourth-order valence-electron chi connectivity index (χ4n) is 8.28. The van der Waals surface area contributed by atoms with E-state index in [-0.39, 0.29) is 0 Å². The van der Waals surface area contributed by atoms with Gasteiger partial charge in [0.15, 0.2) is 0 Å². The third kappa shape index (κ3) is 3.63. The molecule has 0 N–H and O–H groups in total. The molecule has 0 amide bonds. The van der Waals surface area contributed by atoms with E-state index in [2.05, 4.69) is 183 Å². The van der Waals surface area contributed by atoms with Crippen LogP contribution in [0.5, 0.6) is 11.5 Å². The van der Waals surface area contributed by atoms with Crippen LogP contribution in [0.15, 0.2) is 176 Å². The number of benzene rings is 7. The van der Waals surface area contributed by atoms with E-state index in [1.54, 1.807) is 0 Å². The quantitative estimate of drug-likeness (QED) is 0.199. The summed E-state index contributed by atoms with van der Waals surface area (Å²) in [5, 5.41) is 0. The monoisotopic (exact) mass is 588 g/mol. The first kappa shape index (κ1) is 26.7. The molecule has 0 radical (unpaired) electrons. The fourth-order valence-corrected chi connectivity index (χ4v) is 8.28. The van der Waals surface area contributed by atoms with Crippen LogP contribution >= 0.6 is 0 Å². The van der Waals surface area contributed by atoms with Crippen LogP contribution in [0.25, 0.3) is 22.3 Å². The molecular formula is C45H32O. The van der Waals surface area contributed by atoms with E-state index < -0.39 is 10.8 Å². The van der Waals surface area contributed by atoms with E-state index in [4.69, 9.17) is 4.74 Å². The smallest absolute Gasteiger partial charge is 0.132 e. The molecule has 46 heavy (non-hydrogen) atoms. The van der Waals surface area contributed by atoms with Crippen LogP contribution in [0.1, 0.15) is 45.9 Å². The number of fused-ring (bicyclic) bond motifs is 5. The van der Waals surface area contributed by atoms with Gasteiger partial charge in [-0.25, -0.2) is 0 Å². The number of para-hydroxylation sites is 1. The first-order valence-corrected chi connectivity index (χ1v) is 16.0. The van der Waals surface area contributed by atoms with Crippen molar-refractivity contribution in [1.29, 1.82) is 0 Å². The lowest BCUT2D eigenvalue weighted by Crippen LogP contribution is -2.30. The second-order valence-electron chi connectivity index (χ2n) is 12.6. The lowest BCUT2D eigenvalue weighted by Gasteiger charge is -2.39. The minimum atomic E-state index is -0.413. The van der Waals surface area contributed by atoms with E-state index >= 15 is 0 Å². The molecule has 1 heterocycles. The molecule has 218 valence electrons. The maximum absolute atomic E-state index is 6.61. The highest BCUT2D eigenvalue weighted by molar-refractivity contribution is 5.86. The van der Waals surface area contributed by atoms with Crippen LogP contribution in [-0.2, 0) is 10.8 Å². The third-order valence-electron chi connectivity index (χ3n) is 10.3. The SMILES string of the molecule is CC1(c2ccccc2)c2ccccc2Oc2cccc(-c3ccc(C4(c5ccccc5)c5ccccc5-c5ccccc54)cc3)c21. The zero-order chi connectivity index (χ0) is 30.7. The summed E-state index contributed by atoms with van der Waals surface area (Å²) >= 11 is 0. The van der Waals surface area contributed by atoms with Crippen molar-refractivity contribution in [3.05, 3.63) is 215 Å². The van der Waals surface area contributed by atoms with Gasteiger partial charge >= 0.3 is 0 Å². The minimum Gasteiger partial charge on any atom is -0.457 e. The van der Waals surface area contributed by atoms with Crippen LogP contribution in [-0.4, -0.2) is 0 Å². The van der Waals surface area contributed by atoms with Gasteiger partial charge in [-0.05, 0) is 69.1 Å². The predicted molar refractivity (Wildman–Crippen MR) is 188 cm³/mol. The van der Waals surface area contributed by atoms with Crippen LogP contribution in [0.4, 0.5) is 0 Å². The zero-order valence-corrected chi connectivity index (χ0v) is 25.7. The Morgan fingerprint density at radius 3 is 1.50 bits per heavy atom. The Morgan fingerprint density at radius 1 is 0.370 bits per heavy atom. The fraction of sp³-hybridized carbons (Fsp3) is 0.0667. The van der Waals surface area contributed by atoms with Gasteiger partial charge in [0.25, 0.3) is 0 Å². The Morgan fingerprint density at radius 2 is 0.848 bits per heavy atom. The summed E-state index contributed by atoms with van der Waals surface area (Å²) in [6, 6.07) is 63.9. The summed E-state index contributed by atoms with van der Waals surface area (Å²) < 4.78 is 6.61. The summed E-state index contributed by atoms with van der Waals surface area (Å²) in [6.45, 7) is 2.34. The molecule has 7 aromatic carbocycles. The van der Waals surface area contributed by atoms with Gasteiger partial charge in [0, 0.05) is 11.1 Å². The number of ether oxygens (including phenoxy) is 1. The molecule has 2 aliphatic rings. The Hall–Kier alpha value is -5.66. The topological polar surface area (TPSA) is 9.23 Å². The Balaban J connectivity index is 1.26. The standard InChI is InChI=1S/C45H32O/c1-44(32-15-4-2-5-16-32)40-24-12-13-25-41(40)46-42-26-14-21-35(43(42)44)31-27-29-34(30-28-31)45(33-17-6-3-7-18-33)38-22-10-8-19-36(38)37-20-9-11-23-39(37)45/h2-30H,1H3. The molecule has 9 rings (SSSR count). The van der Waals surface area contributed by atoms with Crippen LogP contribution in [0, 0.1) is 0 Å². The van der Waals surface area contributed by atoms with Crippen molar-refractivity contribution in [3.63, 3.8) is 0 Å². The molecule has 7 aromatic rings. The number of hydrogen-bond acceptors (Lipinski definition) is 1. The van der Waals surface area contributed by atoms with Crippen molar-refractivity contribution in [2.45, 2.75) is 17.8 Å². The Labute approximate surface area is 270 Å². The maximum atomic E-state index is 6.61. The second kappa shape index (κ2) is 10.2. The highest BCUT2D eigenvalue weighted by Gasteiger charge is 2.46. The summed E-state index contributed by atoms with van der Waals surface area (Å²) in [4.78, 5) is 0. The van der Waals surface area contributed by atoms with Gasteiger partial charge in [0.05, 0.1) is 10.8 Å². The highest BCUT2D eigenvalue weighted by atomic mass is 16.5. The molecule has 1 unspecified atom stereocenters. The van der Waals surface area contributed by atoms with Gasteiger partial charge in [0.1, 0.15) is 11.5 Å². The van der Waals surface area contributed by atoms with Crippen molar-refractivity contribution in [2.75, 3.05) is 0 Å². The highest BCUT2D eigenvalue weighted by Crippen LogP contribution is 2.57. The minimum absolute atomic E-state index is 0.394. The average Bonchev–Trinajstić information content (AvgIpc) is 3.43. The van der Waals surface area contributed by atoms with Gasteiger partial charge in [-0.1, -0.05) is 164 Å². The van der Waals surface area contributed by atoms with Crippen molar-refractivity contribution >= 4 is 0 Å². The Bertz CT molecular complexity index is 2190. The van der Waals surface area contributed by atoms with E-state index in [1.165, 1.54) is 61.2 Å². The molecule has 1 aliphatic carbocycles. The second-order valence-corrected chi connectivity index (χ2v) is 12.6.